The molecule has 1 aliphatic heterocycles. The molecular weight excluding hydrogens is 375 g/mol. The highest BCUT2D eigenvalue weighted by atomic mass is 79.9. The number of ether oxygens (including phenoxy) is 1. The van der Waals surface area contributed by atoms with Crippen LogP contribution in [-0.4, -0.2) is 16.9 Å². The number of esters is 1. The summed E-state index contributed by atoms with van der Waals surface area (Å²) in [5.41, 5.74) is 0.567. The van der Waals surface area contributed by atoms with Gasteiger partial charge in [-0.2, -0.15) is 0 Å². The van der Waals surface area contributed by atoms with E-state index < -0.39 is 11.8 Å². The number of hydrogen-bond donors (Lipinski definition) is 0. The maximum atomic E-state index is 13.8. The van der Waals surface area contributed by atoms with Gasteiger partial charge in [-0.05, 0) is 30.3 Å². The predicted octanol–water partition coefficient (Wildman–Crippen LogP) is 3.98. The van der Waals surface area contributed by atoms with Gasteiger partial charge in [-0.15, -0.1) is 0 Å². The molecule has 22 heavy (non-hydrogen) atoms. The quantitative estimate of drug-likeness (QED) is 0.584. The molecule has 2 heterocycles. The van der Waals surface area contributed by atoms with Gasteiger partial charge in [-0.3, -0.25) is 4.98 Å². The molecule has 0 aliphatic carbocycles. The summed E-state index contributed by atoms with van der Waals surface area (Å²) < 4.78 is 19.4. The van der Waals surface area contributed by atoms with E-state index in [1.165, 1.54) is 30.5 Å². The molecule has 0 saturated carbocycles. The third-order valence-electron chi connectivity index (χ3n) is 2.82. The zero-order valence-electron chi connectivity index (χ0n) is 10.9. The average molecular weight is 382 g/mol. The first kappa shape index (κ1) is 14.9. The number of carbonyl (C=O) groups is 1. The van der Waals surface area contributed by atoms with Crippen molar-refractivity contribution in [3.63, 3.8) is 0 Å². The summed E-state index contributed by atoms with van der Waals surface area (Å²) in [6.07, 6.45) is 2.80. The van der Waals surface area contributed by atoms with Crippen molar-refractivity contribution < 1.29 is 13.9 Å². The van der Waals surface area contributed by atoms with Crippen LogP contribution >= 0.6 is 27.5 Å². The number of aromatic nitrogens is 1. The minimum absolute atomic E-state index is 0.00185. The molecular formula is C15H7BrClFN2O2. The molecule has 1 aromatic carbocycles. The Morgan fingerprint density at radius 1 is 1.27 bits per heavy atom. The molecule has 0 N–H and O–H groups in total. The van der Waals surface area contributed by atoms with Crippen LogP contribution in [0.25, 0.3) is 6.08 Å². The average Bonchev–Trinajstić information content (AvgIpc) is 2.83. The molecule has 7 heteroatoms. The standard InChI is InChI=1S/C15H7BrClFN2O2/c16-9-2-1-8(11(18)6-9)5-13-15(21)22-14(20-13)12-7-10(17)3-4-19-12/h1-7H/b13-5-. The molecule has 0 saturated heterocycles. The van der Waals surface area contributed by atoms with E-state index in [0.29, 0.717) is 15.2 Å². The first-order valence-electron chi connectivity index (χ1n) is 6.12. The number of halogens is 3. The van der Waals surface area contributed by atoms with E-state index in [1.807, 2.05) is 0 Å². The lowest BCUT2D eigenvalue weighted by Gasteiger charge is -1.98. The molecule has 0 atom stereocenters. The van der Waals surface area contributed by atoms with Gasteiger partial charge < -0.3 is 4.74 Å². The van der Waals surface area contributed by atoms with Crippen molar-refractivity contribution in [2.75, 3.05) is 0 Å². The van der Waals surface area contributed by atoms with Crippen LogP contribution in [0.4, 0.5) is 4.39 Å². The highest BCUT2D eigenvalue weighted by Gasteiger charge is 2.25. The summed E-state index contributed by atoms with van der Waals surface area (Å²) >= 11 is 9.02. The second kappa shape index (κ2) is 5.98. The third kappa shape index (κ3) is 3.08. The van der Waals surface area contributed by atoms with Crippen LogP contribution in [-0.2, 0) is 9.53 Å². The number of rotatable bonds is 2. The Kier molecular flexibility index (Phi) is 4.04. The summed E-state index contributed by atoms with van der Waals surface area (Å²) in [4.78, 5) is 19.9. The maximum Gasteiger partial charge on any atom is 0.363 e. The van der Waals surface area contributed by atoms with E-state index in [4.69, 9.17) is 16.3 Å². The molecule has 0 spiro atoms. The molecule has 0 fully saturated rings. The number of nitrogens with zero attached hydrogens (tertiary/aromatic N) is 2. The van der Waals surface area contributed by atoms with Gasteiger partial charge in [-0.25, -0.2) is 14.2 Å². The largest absolute Gasteiger partial charge is 0.400 e. The second-order valence-corrected chi connectivity index (χ2v) is 5.71. The summed E-state index contributed by atoms with van der Waals surface area (Å²) in [7, 11) is 0. The lowest BCUT2D eigenvalue weighted by atomic mass is 10.2. The third-order valence-corrected chi connectivity index (χ3v) is 3.54. The number of aliphatic imine (C=N–C) groups is 1. The molecule has 4 nitrogen and oxygen atoms in total. The van der Waals surface area contributed by atoms with Crippen molar-refractivity contribution >= 4 is 45.5 Å². The number of carbonyl (C=O) groups excluding carboxylic acids is 1. The Labute approximate surface area is 138 Å². The fourth-order valence-electron chi connectivity index (χ4n) is 1.81. The summed E-state index contributed by atoms with van der Waals surface area (Å²) in [6, 6.07) is 7.62. The van der Waals surface area contributed by atoms with E-state index in [0.717, 1.165) is 0 Å². The highest BCUT2D eigenvalue weighted by molar-refractivity contribution is 9.10. The van der Waals surface area contributed by atoms with Crippen LogP contribution < -0.4 is 0 Å². The summed E-state index contributed by atoms with van der Waals surface area (Å²) in [5.74, 6) is -1.10. The van der Waals surface area contributed by atoms with Gasteiger partial charge in [-0.1, -0.05) is 33.6 Å². The fourth-order valence-corrected chi connectivity index (χ4v) is 2.30. The van der Waals surface area contributed by atoms with E-state index in [9.17, 15) is 9.18 Å². The zero-order chi connectivity index (χ0) is 15.7. The lowest BCUT2D eigenvalue weighted by Crippen LogP contribution is -2.07. The Hall–Kier alpha value is -2.05. The molecule has 0 unspecified atom stereocenters. The molecule has 0 radical (unpaired) electrons. The van der Waals surface area contributed by atoms with Crippen LogP contribution in [0, 0.1) is 5.82 Å². The Bertz CT molecular complexity index is 836. The van der Waals surface area contributed by atoms with Crippen LogP contribution in [0.3, 0.4) is 0 Å². The van der Waals surface area contributed by atoms with Crippen molar-refractivity contribution in [1.82, 2.24) is 4.98 Å². The molecule has 3 rings (SSSR count). The molecule has 110 valence electrons. The molecule has 0 bridgehead atoms. The van der Waals surface area contributed by atoms with Crippen LogP contribution in [0.15, 0.2) is 51.7 Å². The smallest absolute Gasteiger partial charge is 0.363 e. The molecule has 1 aliphatic rings. The van der Waals surface area contributed by atoms with Gasteiger partial charge in [0.25, 0.3) is 0 Å². The van der Waals surface area contributed by atoms with Gasteiger partial charge in [0.2, 0.25) is 5.90 Å². The van der Waals surface area contributed by atoms with E-state index in [2.05, 4.69) is 25.9 Å². The van der Waals surface area contributed by atoms with Crippen LogP contribution in [0.5, 0.6) is 0 Å². The van der Waals surface area contributed by atoms with Crippen molar-refractivity contribution in [3.8, 4) is 0 Å². The number of cyclic esters (lactones) is 1. The van der Waals surface area contributed by atoms with Gasteiger partial charge >= 0.3 is 5.97 Å². The predicted molar refractivity (Wildman–Crippen MR) is 84.0 cm³/mol. The summed E-state index contributed by atoms with van der Waals surface area (Å²) in [5, 5.41) is 0.445. The lowest BCUT2D eigenvalue weighted by molar-refractivity contribution is -0.129. The Morgan fingerprint density at radius 2 is 2.09 bits per heavy atom. The molecule has 0 amide bonds. The topological polar surface area (TPSA) is 51.5 Å². The van der Waals surface area contributed by atoms with Gasteiger partial charge in [0, 0.05) is 21.3 Å². The Balaban J connectivity index is 1.97. The van der Waals surface area contributed by atoms with Crippen molar-refractivity contribution in [2.45, 2.75) is 0 Å². The van der Waals surface area contributed by atoms with Crippen molar-refractivity contribution in [2.24, 2.45) is 4.99 Å². The molecule has 2 aromatic rings. The first-order chi connectivity index (χ1) is 10.5. The summed E-state index contributed by atoms with van der Waals surface area (Å²) in [6.45, 7) is 0. The highest BCUT2D eigenvalue weighted by Crippen LogP contribution is 2.22. The number of hydrogen-bond acceptors (Lipinski definition) is 4. The van der Waals surface area contributed by atoms with Gasteiger partial charge in [0.05, 0.1) is 0 Å². The monoisotopic (exact) mass is 380 g/mol. The van der Waals surface area contributed by atoms with E-state index >= 15 is 0 Å². The van der Waals surface area contributed by atoms with Crippen molar-refractivity contribution in [1.29, 1.82) is 0 Å². The first-order valence-corrected chi connectivity index (χ1v) is 7.29. The van der Waals surface area contributed by atoms with Crippen molar-refractivity contribution in [3.05, 3.63) is 68.8 Å². The van der Waals surface area contributed by atoms with Gasteiger partial charge in [0.1, 0.15) is 11.5 Å². The minimum Gasteiger partial charge on any atom is -0.400 e. The van der Waals surface area contributed by atoms with E-state index in [-0.39, 0.29) is 17.2 Å². The van der Waals surface area contributed by atoms with Crippen LogP contribution in [0.1, 0.15) is 11.3 Å². The van der Waals surface area contributed by atoms with E-state index in [1.54, 1.807) is 12.1 Å². The molecule has 1 aromatic heterocycles. The Morgan fingerprint density at radius 3 is 2.82 bits per heavy atom. The SMILES string of the molecule is O=C1OC(c2cc(Cl)ccn2)=N/C1=C\c1ccc(Br)cc1F. The number of pyridine rings is 1. The fraction of sp³-hybridized carbons (Fsp3) is 0. The van der Waals surface area contributed by atoms with Crippen LogP contribution in [0.2, 0.25) is 5.02 Å². The second-order valence-electron chi connectivity index (χ2n) is 4.36. The minimum atomic E-state index is -0.668. The van der Waals surface area contributed by atoms with Gasteiger partial charge in [0.15, 0.2) is 5.70 Å². The normalized spacial score (nSPS) is 15.9. The zero-order valence-corrected chi connectivity index (χ0v) is 13.2. The number of benzene rings is 1. The maximum absolute atomic E-state index is 13.8.